The first kappa shape index (κ1) is 11.4. The molecule has 0 aromatic heterocycles. The van der Waals surface area contributed by atoms with Crippen LogP contribution in [-0.2, 0) is 0 Å². The van der Waals surface area contributed by atoms with Crippen LogP contribution in [0.15, 0.2) is 23.9 Å². The topological polar surface area (TPSA) is 3.24 Å². The third kappa shape index (κ3) is 3.21. The molecule has 1 heteroatoms. The number of piperidine rings is 1. The van der Waals surface area contributed by atoms with Gasteiger partial charge in [0.2, 0.25) is 0 Å². The Morgan fingerprint density at radius 2 is 1.93 bits per heavy atom. The van der Waals surface area contributed by atoms with Crippen LogP contribution in [0.2, 0.25) is 0 Å². The average Bonchev–Trinajstić information content (AvgIpc) is 2.18. The lowest BCUT2D eigenvalue weighted by atomic mass is 9.90. The molecule has 14 heavy (non-hydrogen) atoms. The number of rotatable bonds is 3. The molecule has 0 amide bonds. The maximum absolute atomic E-state index is 4.00. The largest absolute Gasteiger partial charge is 0.376 e. The fraction of sp³-hybridized carbons (Fsp3) is 0.692. The van der Waals surface area contributed by atoms with Gasteiger partial charge in [-0.3, -0.25) is 0 Å². The molecule has 0 radical (unpaired) electrons. The number of hydrogen-bond donors (Lipinski definition) is 0. The normalized spacial score (nSPS) is 19.9. The molecule has 1 aliphatic heterocycles. The Morgan fingerprint density at radius 3 is 2.36 bits per heavy atom. The maximum atomic E-state index is 4.00. The Morgan fingerprint density at radius 1 is 1.36 bits per heavy atom. The fourth-order valence-electron chi connectivity index (χ4n) is 2.09. The third-order valence-corrected chi connectivity index (χ3v) is 3.26. The standard InChI is InChI=1S/C13H23N/c1-5-12(4)10-13-6-8-14(9-7-13)11(2)3/h5,13H,2,6-10H2,1,3-4H3/b12-5+. The van der Waals surface area contributed by atoms with Crippen LogP contribution in [0.5, 0.6) is 0 Å². The van der Waals surface area contributed by atoms with Crippen molar-refractivity contribution < 1.29 is 0 Å². The second-order valence-corrected chi connectivity index (χ2v) is 4.50. The summed E-state index contributed by atoms with van der Waals surface area (Å²) in [4.78, 5) is 2.40. The van der Waals surface area contributed by atoms with Gasteiger partial charge in [-0.2, -0.15) is 0 Å². The highest BCUT2D eigenvalue weighted by molar-refractivity contribution is 4.99. The SMILES string of the molecule is C=C(C)N1CCC(C/C(C)=C/C)CC1. The molecule has 0 aliphatic carbocycles. The van der Waals surface area contributed by atoms with E-state index in [0.717, 1.165) is 5.92 Å². The second-order valence-electron chi connectivity index (χ2n) is 4.50. The minimum absolute atomic E-state index is 0.904. The smallest absolute Gasteiger partial charge is 0.0177 e. The first-order valence-corrected chi connectivity index (χ1v) is 5.65. The van der Waals surface area contributed by atoms with E-state index >= 15 is 0 Å². The first-order chi connectivity index (χ1) is 6.63. The van der Waals surface area contributed by atoms with Crippen molar-refractivity contribution in [2.45, 2.75) is 40.0 Å². The highest BCUT2D eigenvalue weighted by Crippen LogP contribution is 2.25. The molecular weight excluding hydrogens is 170 g/mol. The summed E-state index contributed by atoms with van der Waals surface area (Å²) in [5.74, 6) is 0.904. The van der Waals surface area contributed by atoms with Gasteiger partial charge in [-0.05, 0) is 46.0 Å². The van der Waals surface area contributed by atoms with Crippen LogP contribution in [0.25, 0.3) is 0 Å². The van der Waals surface area contributed by atoms with E-state index in [0.29, 0.717) is 0 Å². The fourth-order valence-corrected chi connectivity index (χ4v) is 2.09. The summed E-state index contributed by atoms with van der Waals surface area (Å²) in [7, 11) is 0. The molecular formula is C13H23N. The summed E-state index contributed by atoms with van der Waals surface area (Å²) in [6, 6.07) is 0. The van der Waals surface area contributed by atoms with Crippen molar-refractivity contribution in [3.63, 3.8) is 0 Å². The van der Waals surface area contributed by atoms with Crippen LogP contribution in [0.4, 0.5) is 0 Å². The van der Waals surface area contributed by atoms with Crippen LogP contribution < -0.4 is 0 Å². The van der Waals surface area contributed by atoms with E-state index in [4.69, 9.17) is 0 Å². The summed E-state index contributed by atoms with van der Waals surface area (Å²) >= 11 is 0. The molecule has 80 valence electrons. The summed E-state index contributed by atoms with van der Waals surface area (Å²) in [6.45, 7) is 12.9. The van der Waals surface area contributed by atoms with E-state index in [1.54, 1.807) is 5.57 Å². The van der Waals surface area contributed by atoms with Gasteiger partial charge in [-0.1, -0.05) is 18.2 Å². The molecule has 0 aromatic rings. The van der Waals surface area contributed by atoms with Crippen molar-refractivity contribution in [2.24, 2.45) is 5.92 Å². The van der Waals surface area contributed by atoms with E-state index in [1.165, 1.54) is 38.0 Å². The number of hydrogen-bond acceptors (Lipinski definition) is 1. The van der Waals surface area contributed by atoms with Crippen molar-refractivity contribution in [3.05, 3.63) is 23.9 Å². The quantitative estimate of drug-likeness (QED) is 0.619. The molecule has 0 spiro atoms. The molecule has 1 rings (SSSR count). The van der Waals surface area contributed by atoms with E-state index < -0.39 is 0 Å². The minimum Gasteiger partial charge on any atom is -0.376 e. The lowest BCUT2D eigenvalue weighted by Crippen LogP contribution is -2.32. The zero-order chi connectivity index (χ0) is 10.6. The number of nitrogens with zero attached hydrogens (tertiary/aromatic N) is 1. The van der Waals surface area contributed by atoms with Crippen molar-refractivity contribution >= 4 is 0 Å². The molecule has 0 bridgehead atoms. The monoisotopic (exact) mass is 193 g/mol. The van der Waals surface area contributed by atoms with Crippen molar-refractivity contribution in [2.75, 3.05) is 13.1 Å². The van der Waals surface area contributed by atoms with Crippen molar-refractivity contribution in [1.82, 2.24) is 4.90 Å². The summed E-state index contributed by atoms with van der Waals surface area (Å²) in [5, 5.41) is 0. The Hall–Kier alpha value is -0.720. The Kier molecular flexibility index (Phi) is 4.24. The van der Waals surface area contributed by atoms with Crippen LogP contribution in [-0.4, -0.2) is 18.0 Å². The van der Waals surface area contributed by atoms with E-state index in [2.05, 4.69) is 38.3 Å². The van der Waals surface area contributed by atoms with Crippen molar-refractivity contribution in [3.8, 4) is 0 Å². The van der Waals surface area contributed by atoms with Crippen LogP contribution in [0, 0.1) is 5.92 Å². The van der Waals surface area contributed by atoms with Gasteiger partial charge in [-0.25, -0.2) is 0 Å². The zero-order valence-electron chi connectivity index (χ0n) is 9.84. The predicted octanol–water partition coefficient (Wildman–Crippen LogP) is 3.59. The van der Waals surface area contributed by atoms with Gasteiger partial charge in [0.1, 0.15) is 0 Å². The van der Waals surface area contributed by atoms with E-state index in [-0.39, 0.29) is 0 Å². The van der Waals surface area contributed by atoms with Gasteiger partial charge < -0.3 is 4.90 Å². The van der Waals surface area contributed by atoms with Gasteiger partial charge in [0.25, 0.3) is 0 Å². The lowest BCUT2D eigenvalue weighted by Gasteiger charge is -2.33. The maximum Gasteiger partial charge on any atom is 0.0177 e. The average molecular weight is 193 g/mol. The van der Waals surface area contributed by atoms with Gasteiger partial charge in [0, 0.05) is 18.8 Å². The number of allylic oxidation sites excluding steroid dienone is 3. The molecule has 0 atom stereocenters. The molecule has 1 nitrogen and oxygen atoms in total. The first-order valence-electron chi connectivity index (χ1n) is 5.65. The summed E-state index contributed by atoms with van der Waals surface area (Å²) in [6.07, 6.45) is 6.20. The van der Waals surface area contributed by atoms with Crippen LogP contribution in [0.3, 0.4) is 0 Å². The molecule has 1 heterocycles. The Bertz CT molecular complexity index is 219. The predicted molar refractivity (Wildman–Crippen MR) is 63.2 cm³/mol. The third-order valence-electron chi connectivity index (χ3n) is 3.26. The lowest BCUT2D eigenvalue weighted by molar-refractivity contribution is 0.227. The molecule has 0 saturated carbocycles. The van der Waals surface area contributed by atoms with E-state index in [1.807, 2.05) is 0 Å². The van der Waals surface area contributed by atoms with Gasteiger partial charge in [-0.15, -0.1) is 0 Å². The van der Waals surface area contributed by atoms with Gasteiger partial charge in [0.15, 0.2) is 0 Å². The molecule has 1 saturated heterocycles. The van der Waals surface area contributed by atoms with Crippen LogP contribution in [0.1, 0.15) is 40.0 Å². The zero-order valence-corrected chi connectivity index (χ0v) is 9.84. The number of likely N-dealkylation sites (tertiary alicyclic amines) is 1. The molecule has 0 N–H and O–H groups in total. The summed E-state index contributed by atoms with van der Waals surface area (Å²) < 4.78 is 0. The van der Waals surface area contributed by atoms with Crippen molar-refractivity contribution in [1.29, 1.82) is 0 Å². The highest BCUT2D eigenvalue weighted by Gasteiger charge is 2.18. The van der Waals surface area contributed by atoms with Gasteiger partial charge >= 0.3 is 0 Å². The highest BCUT2D eigenvalue weighted by atomic mass is 15.1. The Balaban J connectivity index is 2.32. The molecule has 0 unspecified atom stereocenters. The summed E-state index contributed by atoms with van der Waals surface area (Å²) in [5.41, 5.74) is 2.77. The van der Waals surface area contributed by atoms with Crippen LogP contribution >= 0.6 is 0 Å². The van der Waals surface area contributed by atoms with Gasteiger partial charge in [0.05, 0.1) is 0 Å². The molecule has 1 fully saturated rings. The Labute approximate surface area is 88.5 Å². The molecule has 0 aromatic carbocycles. The second kappa shape index (κ2) is 5.23. The van der Waals surface area contributed by atoms with E-state index in [9.17, 15) is 0 Å². The minimum atomic E-state index is 0.904. The molecule has 1 aliphatic rings.